The summed E-state index contributed by atoms with van der Waals surface area (Å²) in [4.78, 5) is 8.88. The fraction of sp³-hybridized carbons (Fsp3) is 0.200. The lowest BCUT2D eigenvalue weighted by Crippen LogP contribution is -1.95. The molecule has 0 unspecified atom stereocenters. The van der Waals surface area contributed by atoms with Gasteiger partial charge < -0.3 is 18.9 Å². The van der Waals surface area contributed by atoms with Gasteiger partial charge in [0, 0.05) is 11.5 Å². The summed E-state index contributed by atoms with van der Waals surface area (Å²) in [5, 5.41) is 1.03. The molecule has 0 bridgehead atoms. The Balaban J connectivity index is 1.98. The van der Waals surface area contributed by atoms with Gasteiger partial charge in [0.15, 0.2) is 28.8 Å². The minimum Gasteiger partial charge on any atom is -0.493 e. The molecule has 0 amide bonds. The van der Waals surface area contributed by atoms with Crippen LogP contribution in [0.4, 0.5) is 0 Å². The van der Waals surface area contributed by atoms with Crippen molar-refractivity contribution >= 4 is 34.7 Å². The number of hydrogen-bond acceptors (Lipinski definition) is 6. The molecule has 3 aromatic rings. The van der Waals surface area contributed by atoms with Crippen LogP contribution in [0, 0.1) is 0 Å². The quantitative estimate of drug-likeness (QED) is 0.582. The van der Waals surface area contributed by atoms with E-state index in [0.717, 1.165) is 5.56 Å². The van der Waals surface area contributed by atoms with Crippen molar-refractivity contribution in [1.82, 2.24) is 9.97 Å². The van der Waals surface area contributed by atoms with E-state index in [1.165, 1.54) is 0 Å². The average molecular weight is 387 g/mol. The van der Waals surface area contributed by atoms with Gasteiger partial charge in [-0.15, -0.1) is 0 Å². The zero-order valence-corrected chi connectivity index (χ0v) is 16.2. The molecule has 3 rings (SSSR count). The number of methoxy groups -OCH3 is 4. The van der Waals surface area contributed by atoms with Gasteiger partial charge in [-0.05, 0) is 29.8 Å². The Morgan fingerprint density at radius 3 is 2.04 bits per heavy atom. The molecule has 0 N–H and O–H groups in total. The van der Waals surface area contributed by atoms with Gasteiger partial charge >= 0.3 is 0 Å². The first-order valence-corrected chi connectivity index (χ1v) is 8.46. The molecule has 6 nitrogen and oxygen atoms in total. The normalized spacial score (nSPS) is 11.0. The molecule has 0 saturated carbocycles. The van der Waals surface area contributed by atoms with Crippen LogP contribution >= 0.6 is 11.6 Å². The monoisotopic (exact) mass is 386 g/mol. The van der Waals surface area contributed by atoms with Crippen LogP contribution < -0.4 is 18.9 Å². The van der Waals surface area contributed by atoms with Crippen molar-refractivity contribution in [3.05, 3.63) is 46.9 Å². The van der Waals surface area contributed by atoms with Gasteiger partial charge in [-0.25, -0.2) is 9.97 Å². The maximum Gasteiger partial charge on any atom is 0.162 e. The Morgan fingerprint density at radius 1 is 0.741 bits per heavy atom. The summed E-state index contributed by atoms with van der Waals surface area (Å²) >= 11 is 6.34. The van der Waals surface area contributed by atoms with Crippen molar-refractivity contribution in [2.24, 2.45) is 0 Å². The van der Waals surface area contributed by atoms with Gasteiger partial charge in [0.1, 0.15) is 5.15 Å². The van der Waals surface area contributed by atoms with Crippen LogP contribution in [0.5, 0.6) is 23.0 Å². The highest BCUT2D eigenvalue weighted by Gasteiger charge is 2.11. The zero-order valence-electron chi connectivity index (χ0n) is 15.4. The van der Waals surface area contributed by atoms with Crippen LogP contribution in [0.1, 0.15) is 11.4 Å². The van der Waals surface area contributed by atoms with Crippen LogP contribution in [0.25, 0.3) is 23.1 Å². The molecule has 0 atom stereocenters. The van der Waals surface area contributed by atoms with E-state index in [1.807, 2.05) is 24.3 Å². The van der Waals surface area contributed by atoms with Crippen molar-refractivity contribution in [2.45, 2.75) is 0 Å². The molecule has 27 heavy (non-hydrogen) atoms. The van der Waals surface area contributed by atoms with Crippen LogP contribution in [-0.2, 0) is 0 Å². The average Bonchev–Trinajstić information content (AvgIpc) is 2.70. The number of halogens is 1. The molecule has 0 spiro atoms. The van der Waals surface area contributed by atoms with Crippen molar-refractivity contribution < 1.29 is 18.9 Å². The Kier molecular flexibility index (Phi) is 5.66. The van der Waals surface area contributed by atoms with E-state index < -0.39 is 0 Å². The van der Waals surface area contributed by atoms with Crippen LogP contribution in [-0.4, -0.2) is 38.4 Å². The highest BCUT2D eigenvalue weighted by Crippen LogP contribution is 2.34. The number of benzene rings is 2. The van der Waals surface area contributed by atoms with Crippen LogP contribution in [0.2, 0.25) is 5.15 Å². The minimum absolute atomic E-state index is 0.341. The highest BCUT2D eigenvalue weighted by atomic mass is 35.5. The number of aromatic nitrogens is 2. The standard InChI is InChI=1S/C20H19ClN2O4/c1-24-15-7-5-12(9-16(15)25-2)6-8-19-22-14-11-18(27-4)17(26-3)10-13(14)20(21)23-19/h5-11H,1-4H3/b8-6+. The Bertz CT molecular complexity index is 1000. The molecule has 0 aliphatic rings. The lowest BCUT2D eigenvalue weighted by Gasteiger charge is -2.10. The van der Waals surface area contributed by atoms with Crippen molar-refractivity contribution in [3.63, 3.8) is 0 Å². The molecule has 2 aromatic carbocycles. The lowest BCUT2D eigenvalue weighted by atomic mass is 10.2. The summed E-state index contributed by atoms with van der Waals surface area (Å²) in [6.45, 7) is 0. The summed E-state index contributed by atoms with van der Waals surface area (Å²) in [7, 11) is 6.34. The van der Waals surface area contributed by atoms with E-state index >= 15 is 0 Å². The predicted molar refractivity (Wildman–Crippen MR) is 106 cm³/mol. The van der Waals surface area contributed by atoms with E-state index in [9.17, 15) is 0 Å². The van der Waals surface area contributed by atoms with E-state index in [0.29, 0.717) is 44.9 Å². The summed E-state index contributed by atoms with van der Waals surface area (Å²) in [5.74, 6) is 2.95. The van der Waals surface area contributed by atoms with Gasteiger partial charge in [-0.3, -0.25) is 0 Å². The molecule has 7 heteroatoms. The SMILES string of the molecule is COc1ccc(/C=C/c2nc(Cl)c3cc(OC)c(OC)cc3n2)cc1OC. The third kappa shape index (κ3) is 3.90. The number of nitrogens with zero attached hydrogens (tertiary/aromatic N) is 2. The van der Waals surface area contributed by atoms with Gasteiger partial charge in [0.05, 0.1) is 34.0 Å². The molecule has 0 fully saturated rings. The fourth-order valence-electron chi connectivity index (χ4n) is 2.64. The first-order valence-electron chi connectivity index (χ1n) is 8.09. The fourth-order valence-corrected chi connectivity index (χ4v) is 2.87. The molecule has 1 heterocycles. The number of hydrogen-bond donors (Lipinski definition) is 0. The van der Waals surface area contributed by atoms with Gasteiger partial charge in [-0.2, -0.15) is 0 Å². The van der Waals surface area contributed by atoms with Gasteiger partial charge in [0.25, 0.3) is 0 Å². The van der Waals surface area contributed by atoms with Gasteiger partial charge in [0.2, 0.25) is 0 Å². The molecule has 0 aliphatic heterocycles. The lowest BCUT2D eigenvalue weighted by molar-refractivity contribution is 0.355. The molecule has 0 radical (unpaired) electrons. The van der Waals surface area contributed by atoms with E-state index in [-0.39, 0.29) is 0 Å². The second-order valence-corrected chi connectivity index (χ2v) is 5.90. The Morgan fingerprint density at radius 2 is 1.37 bits per heavy atom. The molecule has 140 valence electrons. The second kappa shape index (κ2) is 8.14. The largest absolute Gasteiger partial charge is 0.493 e. The first-order chi connectivity index (χ1) is 13.1. The number of rotatable bonds is 6. The highest BCUT2D eigenvalue weighted by molar-refractivity contribution is 6.34. The smallest absolute Gasteiger partial charge is 0.162 e. The predicted octanol–water partition coefficient (Wildman–Crippen LogP) is 4.49. The van der Waals surface area contributed by atoms with E-state index in [1.54, 1.807) is 46.6 Å². The zero-order chi connectivity index (χ0) is 19.4. The number of ether oxygens (including phenoxy) is 4. The minimum atomic E-state index is 0.341. The third-order valence-corrected chi connectivity index (χ3v) is 4.29. The third-order valence-electron chi connectivity index (χ3n) is 4.00. The molecule has 1 aromatic heterocycles. The van der Waals surface area contributed by atoms with Gasteiger partial charge in [-0.1, -0.05) is 23.7 Å². The Hall–Kier alpha value is -2.99. The summed E-state index contributed by atoms with van der Waals surface area (Å²) in [6.07, 6.45) is 3.66. The van der Waals surface area contributed by atoms with Crippen molar-refractivity contribution in [2.75, 3.05) is 28.4 Å². The van der Waals surface area contributed by atoms with Crippen molar-refractivity contribution in [3.8, 4) is 23.0 Å². The topological polar surface area (TPSA) is 62.7 Å². The summed E-state index contributed by atoms with van der Waals surface area (Å²) in [5.41, 5.74) is 1.58. The van der Waals surface area contributed by atoms with Crippen LogP contribution in [0.15, 0.2) is 30.3 Å². The summed E-state index contributed by atoms with van der Waals surface area (Å²) < 4.78 is 21.2. The van der Waals surface area contributed by atoms with Crippen LogP contribution in [0.3, 0.4) is 0 Å². The maximum absolute atomic E-state index is 6.34. The van der Waals surface area contributed by atoms with E-state index in [2.05, 4.69) is 9.97 Å². The first kappa shape index (κ1) is 18.8. The molecular formula is C20H19ClN2O4. The molecule has 0 saturated heterocycles. The Labute approximate surface area is 162 Å². The maximum atomic E-state index is 6.34. The summed E-state index contributed by atoms with van der Waals surface area (Å²) in [6, 6.07) is 9.15. The number of fused-ring (bicyclic) bond motifs is 1. The second-order valence-electron chi connectivity index (χ2n) is 5.54. The van der Waals surface area contributed by atoms with Crippen molar-refractivity contribution in [1.29, 1.82) is 0 Å². The molecular weight excluding hydrogens is 368 g/mol. The molecule has 0 aliphatic carbocycles. The van der Waals surface area contributed by atoms with E-state index in [4.69, 9.17) is 30.5 Å².